The van der Waals surface area contributed by atoms with Crippen LogP contribution in [0.4, 0.5) is 4.39 Å². The lowest BCUT2D eigenvalue weighted by Gasteiger charge is -2.04. The molecule has 2 aromatic rings. The Hall–Kier alpha value is -1.03. The fourth-order valence-electron chi connectivity index (χ4n) is 1.57. The largest absolute Gasteiger partial charge is 0.504 e. The van der Waals surface area contributed by atoms with Crippen molar-refractivity contribution in [2.24, 2.45) is 7.05 Å². The van der Waals surface area contributed by atoms with E-state index in [1.54, 1.807) is 0 Å². The molecule has 0 unspecified atom stereocenters. The van der Waals surface area contributed by atoms with E-state index in [9.17, 15) is 9.50 Å². The highest BCUT2D eigenvalue weighted by molar-refractivity contribution is 9.10. The van der Waals surface area contributed by atoms with Gasteiger partial charge in [0.25, 0.3) is 0 Å². The second-order valence-corrected chi connectivity index (χ2v) is 4.10. The average Bonchev–Trinajstić information content (AvgIpc) is 2.39. The number of aromatic hydroxyl groups is 1. The lowest BCUT2D eigenvalue weighted by molar-refractivity contribution is 0.430. The van der Waals surface area contributed by atoms with Gasteiger partial charge in [-0.3, -0.25) is 0 Å². The number of hydrogen-bond donors (Lipinski definition) is 1. The number of aromatic nitrogens is 1. The maximum absolute atomic E-state index is 13.2. The molecule has 4 heteroatoms. The predicted molar refractivity (Wildman–Crippen MR) is 57.0 cm³/mol. The van der Waals surface area contributed by atoms with Crippen molar-refractivity contribution in [3.05, 3.63) is 28.1 Å². The maximum atomic E-state index is 13.2. The van der Waals surface area contributed by atoms with Crippen molar-refractivity contribution in [1.29, 1.82) is 0 Å². The first-order valence-electron chi connectivity index (χ1n) is 4.15. The number of aryl methyl sites for hydroxylation is 2. The summed E-state index contributed by atoms with van der Waals surface area (Å²) >= 11 is 3.18. The van der Waals surface area contributed by atoms with Gasteiger partial charge in [-0.2, -0.15) is 0 Å². The van der Waals surface area contributed by atoms with E-state index in [-0.39, 0.29) is 5.75 Å². The second-order valence-electron chi connectivity index (χ2n) is 3.30. The van der Waals surface area contributed by atoms with Crippen LogP contribution in [0.15, 0.2) is 16.6 Å². The van der Waals surface area contributed by atoms with Crippen LogP contribution in [-0.4, -0.2) is 9.67 Å². The first kappa shape index (κ1) is 9.52. The smallest absolute Gasteiger partial charge is 0.167 e. The van der Waals surface area contributed by atoms with E-state index >= 15 is 0 Å². The molecule has 0 radical (unpaired) electrons. The van der Waals surface area contributed by atoms with E-state index in [1.807, 2.05) is 24.6 Å². The molecule has 14 heavy (non-hydrogen) atoms. The van der Waals surface area contributed by atoms with E-state index in [1.165, 1.54) is 6.07 Å². The molecule has 0 aliphatic rings. The number of hydrogen-bond acceptors (Lipinski definition) is 1. The van der Waals surface area contributed by atoms with E-state index in [0.717, 1.165) is 16.6 Å². The summed E-state index contributed by atoms with van der Waals surface area (Å²) in [5.74, 6) is -0.936. The Kier molecular flexibility index (Phi) is 2.03. The standard InChI is InChI=1S/C10H9BrFNO/c1-5-3-6-4-7(12)10(14)8(11)9(6)13(5)2/h3-4,14H,1-2H3. The van der Waals surface area contributed by atoms with Crippen LogP contribution in [0.5, 0.6) is 5.75 Å². The summed E-state index contributed by atoms with van der Waals surface area (Å²) in [6, 6.07) is 3.21. The minimum absolute atomic E-state index is 0.335. The Morgan fingerprint density at radius 3 is 2.71 bits per heavy atom. The number of fused-ring (bicyclic) bond motifs is 1. The van der Waals surface area contributed by atoms with Crippen LogP contribution in [0.3, 0.4) is 0 Å². The summed E-state index contributed by atoms with van der Waals surface area (Å²) in [6.07, 6.45) is 0. The second kappa shape index (κ2) is 2.98. The van der Waals surface area contributed by atoms with Crippen LogP contribution >= 0.6 is 15.9 Å². The number of rotatable bonds is 0. The topological polar surface area (TPSA) is 25.2 Å². The van der Waals surface area contributed by atoms with Gasteiger partial charge in [0.15, 0.2) is 11.6 Å². The Labute approximate surface area is 89.1 Å². The fourth-order valence-corrected chi connectivity index (χ4v) is 2.25. The molecule has 0 amide bonds. The molecule has 1 heterocycles. The molecule has 0 saturated heterocycles. The van der Waals surface area contributed by atoms with Crippen LogP contribution < -0.4 is 0 Å². The van der Waals surface area contributed by atoms with E-state index < -0.39 is 5.82 Å². The predicted octanol–water partition coefficient (Wildman–Crippen LogP) is 3.09. The minimum Gasteiger partial charge on any atom is -0.504 e. The van der Waals surface area contributed by atoms with Gasteiger partial charge in [-0.05, 0) is 35.0 Å². The van der Waals surface area contributed by atoms with Crippen molar-refractivity contribution >= 4 is 26.8 Å². The van der Waals surface area contributed by atoms with Crippen molar-refractivity contribution in [1.82, 2.24) is 4.57 Å². The molecule has 0 atom stereocenters. The Morgan fingerprint density at radius 2 is 2.07 bits per heavy atom. The van der Waals surface area contributed by atoms with Gasteiger partial charge in [0.05, 0.1) is 9.99 Å². The number of benzene rings is 1. The lowest BCUT2D eigenvalue weighted by Crippen LogP contribution is -1.91. The van der Waals surface area contributed by atoms with Gasteiger partial charge in [-0.15, -0.1) is 0 Å². The molecule has 1 aromatic heterocycles. The summed E-state index contributed by atoms with van der Waals surface area (Å²) < 4.78 is 15.5. The highest BCUT2D eigenvalue weighted by atomic mass is 79.9. The van der Waals surface area contributed by atoms with E-state index in [2.05, 4.69) is 15.9 Å². The van der Waals surface area contributed by atoms with Gasteiger partial charge in [-0.25, -0.2) is 4.39 Å². The molecule has 0 bridgehead atoms. The third kappa shape index (κ3) is 1.14. The van der Waals surface area contributed by atoms with Gasteiger partial charge < -0.3 is 9.67 Å². The number of halogens is 2. The number of phenolic OH excluding ortho intramolecular Hbond substituents is 1. The molecule has 1 N–H and O–H groups in total. The summed E-state index contributed by atoms with van der Waals surface area (Å²) in [6.45, 7) is 1.93. The zero-order valence-electron chi connectivity index (χ0n) is 7.81. The average molecular weight is 258 g/mol. The normalized spacial score (nSPS) is 11.1. The zero-order chi connectivity index (χ0) is 10.5. The number of phenols is 1. The van der Waals surface area contributed by atoms with E-state index in [0.29, 0.717) is 4.47 Å². The van der Waals surface area contributed by atoms with Crippen LogP contribution in [0.25, 0.3) is 10.9 Å². The Bertz CT molecular complexity index is 519. The molecule has 0 aliphatic carbocycles. The van der Waals surface area contributed by atoms with Crippen LogP contribution in [0.2, 0.25) is 0 Å². The van der Waals surface area contributed by atoms with Gasteiger partial charge in [0, 0.05) is 18.1 Å². The van der Waals surface area contributed by atoms with Gasteiger partial charge in [0.2, 0.25) is 0 Å². The SMILES string of the molecule is Cc1cc2cc(F)c(O)c(Br)c2n1C. The molecular weight excluding hydrogens is 249 g/mol. The van der Waals surface area contributed by atoms with Crippen molar-refractivity contribution in [2.75, 3.05) is 0 Å². The monoisotopic (exact) mass is 257 g/mol. The molecule has 0 spiro atoms. The molecule has 1 aromatic carbocycles. The van der Waals surface area contributed by atoms with Crippen molar-refractivity contribution in [2.45, 2.75) is 6.92 Å². The van der Waals surface area contributed by atoms with Crippen molar-refractivity contribution in [3.63, 3.8) is 0 Å². The molecular formula is C10H9BrFNO. The Morgan fingerprint density at radius 1 is 1.43 bits per heavy atom. The third-order valence-electron chi connectivity index (χ3n) is 2.43. The third-order valence-corrected chi connectivity index (χ3v) is 3.18. The Balaban J connectivity index is 2.99. The molecule has 0 saturated carbocycles. The molecule has 2 nitrogen and oxygen atoms in total. The highest BCUT2D eigenvalue weighted by Gasteiger charge is 2.13. The summed E-state index contributed by atoms with van der Waals surface area (Å²) in [7, 11) is 1.87. The lowest BCUT2D eigenvalue weighted by atomic mass is 10.2. The fraction of sp³-hybridized carbons (Fsp3) is 0.200. The maximum Gasteiger partial charge on any atom is 0.167 e. The number of nitrogens with zero attached hydrogens (tertiary/aromatic N) is 1. The van der Waals surface area contributed by atoms with Gasteiger partial charge in [0.1, 0.15) is 0 Å². The summed E-state index contributed by atoms with van der Waals surface area (Å²) in [5.41, 5.74) is 1.83. The van der Waals surface area contributed by atoms with Crippen LogP contribution in [0, 0.1) is 12.7 Å². The van der Waals surface area contributed by atoms with E-state index in [4.69, 9.17) is 0 Å². The molecule has 74 valence electrons. The summed E-state index contributed by atoms with van der Waals surface area (Å²) in [5, 5.41) is 10.2. The minimum atomic E-state index is -0.602. The van der Waals surface area contributed by atoms with Gasteiger partial charge >= 0.3 is 0 Å². The van der Waals surface area contributed by atoms with Gasteiger partial charge in [-0.1, -0.05) is 0 Å². The quantitative estimate of drug-likeness (QED) is 0.771. The van der Waals surface area contributed by atoms with Crippen molar-refractivity contribution < 1.29 is 9.50 Å². The first-order valence-corrected chi connectivity index (χ1v) is 4.94. The highest BCUT2D eigenvalue weighted by Crippen LogP contribution is 2.35. The first-order chi connectivity index (χ1) is 6.52. The molecule has 0 fully saturated rings. The molecule has 2 rings (SSSR count). The van der Waals surface area contributed by atoms with Crippen LogP contribution in [-0.2, 0) is 7.05 Å². The van der Waals surface area contributed by atoms with Crippen molar-refractivity contribution in [3.8, 4) is 5.75 Å². The summed E-state index contributed by atoms with van der Waals surface area (Å²) in [4.78, 5) is 0. The zero-order valence-corrected chi connectivity index (χ0v) is 9.39. The van der Waals surface area contributed by atoms with Crippen LogP contribution in [0.1, 0.15) is 5.69 Å². The molecule has 0 aliphatic heterocycles.